The lowest BCUT2D eigenvalue weighted by Crippen LogP contribution is -2.59. The number of likely N-dealkylation sites (N-methyl/N-ethyl adjacent to an activating group) is 1. The number of nitrogens with zero attached hydrogens (tertiary/aromatic N) is 3. The Morgan fingerprint density at radius 1 is 1.12 bits per heavy atom. The van der Waals surface area contributed by atoms with Crippen molar-refractivity contribution < 1.29 is 24.2 Å². The van der Waals surface area contributed by atoms with Gasteiger partial charge < -0.3 is 24.5 Å². The summed E-state index contributed by atoms with van der Waals surface area (Å²) in [5.41, 5.74) is 2.42. The summed E-state index contributed by atoms with van der Waals surface area (Å²) in [6.45, 7) is 11.8. The predicted octanol–water partition coefficient (Wildman–Crippen LogP) is 3.45. The van der Waals surface area contributed by atoms with E-state index in [4.69, 9.17) is 4.74 Å². The Labute approximate surface area is 248 Å². The van der Waals surface area contributed by atoms with Gasteiger partial charge >= 0.3 is 0 Å². The molecule has 2 bridgehead atoms. The number of aliphatic hydroxyl groups excluding tert-OH is 1. The SMILES string of the molecule is C=CCN(C)C(=O)[C@@H]1[C@H]2C(=O)N([C@@H](CO)Cc3ccccc3)C(C(=O)N(CC=C)c3cc(C)ccc3C)C23CC[C@H]1O3. The fourth-order valence-corrected chi connectivity index (χ4v) is 7.31. The van der Waals surface area contributed by atoms with Crippen LogP contribution >= 0.6 is 0 Å². The molecule has 3 heterocycles. The second-order valence-corrected chi connectivity index (χ2v) is 11.9. The molecule has 3 aliphatic rings. The number of likely N-dealkylation sites (tertiary alicyclic amines) is 1. The molecule has 1 N–H and O–H groups in total. The van der Waals surface area contributed by atoms with Crippen molar-refractivity contribution in [2.75, 3.05) is 31.6 Å². The van der Waals surface area contributed by atoms with E-state index in [0.717, 1.165) is 22.4 Å². The standard InChI is InChI=1S/C34H41N3O5/c1-6-17-35(5)31(39)28-27-15-16-34(42-27)29(28)32(40)37(25(21-38)20-24-11-9-8-10-12-24)30(34)33(41)36(18-7-2)26-19-22(3)13-14-23(26)4/h6-14,19,25,27-30,38H,1-2,15-18,20-21H2,3-5H3/t25-,27-,28+,29+,30?,34?/m1/s1. The summed E-state index contributed by atoms with van der Waals surface area (Å²) in [5.74, 6) is -2.32. The fourth-order valence-electron chi connectivity index (χ4n) is 7.31. The van der Waals surface area contributed by atoms with E-state index in [9.17, 15) is 19.5 Å². The minimum atomic E-state index is -1.17. The first-order chi connectivity index (χ1) is 20.2. The van der Waals surface area contributed by atoms with Crippen molar-refractivity contribution in [3.05, 3.63) is 90.5 Å². The van der Waals surface area contributed by atoms with Gasteiger partial charge in [0.05, 0.1) is 30.6 Å². The van der Waals surface area contributed by atoms with Crippen LogP contribution in [0.1, 0.15) is 29.5 Å². The van der Waals surface area contributed by atoms with E-state index in [1.165, 1.54) is 0 Å². The summed E-state index contributed by atoms with van der Waals surface area (Å²) in [6, 6.07) is 13.9. The van der Waals surface area contributed by atoms with E-state index in [2.05, 4.69) is 13.2 Å². The van der Waals surface area contributed by atoms with Crippen LogP contribution in [0.2, 0.25) is 0 Å². The Morgan fingerprint density at radius 2 is 1.83 bits per heavy atom. The van der Waals surface area contributed by atoms with E-state index in [1.807, 2.05) is 62.4 Å². The van der Waals surface area contributed by atoms with Gasteiger partial charge in [0.25, 0.3) is 5.91 Å². The van der Waals surface area contributed by atoms with Gasteiger partial charge in [-0.15, -0.1) is 13.2 Å². The third-order valence-corrected chi connectivity index (χ3v) is 9.19. The Morgan fingerprint density at radius 3 is 2.50 bits per heavy atom. The zero-order valence-corrected chi connectivity index (χ0v) is 24.7. The van der Waals surface area contributed by atoms with Gasteiger partial charge in [0.15, 0.2) is 0 Å². The van der Waals surface area contributed by atoms with Gasteiger partial charge in [-0.25, -0.2) is 0 Å². The number of fused-ring (bicyclic) bond motifs is 1. The number of anilines is 1. The molecule has 3 saturated heterocycles. The van der Waals surface area contributed by atoms with E-state index in [-0.39, 0.29) is 30.9 Å². The minimum Gasteiger partial charge on any atom is -0.394 e. The van der Waals surface area contributed by atoms with Crippen LogP contribution in [0.3, 0.4) is 0 Å². The number of aliphatic hydroxyl groups is 1. The maximum atomic E-state index is 14.9. The zero-order chi connectivity index (χ0) is 30.2. The van der Waals surface area contributed by atoms with Crippen molar-refractivity contribution in [1.82, 2.24) is 9.80 Å². The van der Waals surface area contributed by atoms with E-state index in [1.54, 1.807) is 33.9 Å². The molecular formula is C34H41N3O5. The van der Waals surface area contributed by atoms with E-state index in [0.29, 0.717) is 25.8 Å². The number of rotatable bonds is 11. The molecule has 0 radical (unpaired) electrons. The number of carbonyl (C=O) groups excluding carboxylic acids is 3. The minimum absolute atomic E-state index is 0.186. The Hall–Kier alpha value is -3.75. The van der Waals surface area contributed by atoms with Crippen molar-refractivity contribution in [1.29, 1.82) is 0 Å². The first-order valence-electron chi connectivity index (χ1n) is 14.7. The monoisotopic (exact) mass is 571 g/mol. The average Bonchev–Trinajstić information content (AvgIpc) is 3.63. The smallest absolute Gasteiger partial charge is 0.253 e. The third-order valence-electron chi connectivity index (χ3n) is 9.19. The number of hydrogen-bond acceptors (Lipinski definition) is 5. The van der Waals surface area contributed by atoms with Crippen molar-refractivity contribution >= 4 is 23.4 Å². The average molecular weight is 572 g/mol. The van der Waals surface area contributed by atoms with Crippen molar-refractivity contribution in [2.24, 2.45) is 11.8 Å². The molecule has 8 heteroatoms. The molecule has 2 unspecified atom stereocenters. The van der Waals surface area contributed by atoms with Gasteiger partial charge in [0.2, 0.25) is 11.8 Å². The number of carbonyl (C=O) groups is 3. The molecule has 1 spiro atoms. The Bertz CT molecular complexity index is 1380. The molecule has 3 amide bonds. The summed E-state index contributed by atoms with van der Waals surface area (Å²) in [6.07, 6.45) is 4.29. The summed E-state index contributed by atoms with van der Waals surface area (Å²) >= 11 is 0. The topological polar surface area (TPSA) is 90.4 Å². The highest BCUT2D eigenvalue weighted by Crippen LogP contribution is 2.59. The van der Waals surface area contributed by atoms with Crippen LogP contribution in [0.4, 0.5) is 5.69 Å². The molecule has 0 aliphatic carbocycles. The lowest BCUT2D eigenvalue weighted by molar-refractivity contribution is -0.146. The second-order valence-electron chi connectivity index (χ2n) is 11.9. The highest BCUT2D eigenvalue weighted by atomic mass is 16.5. The number of benzene rings is 2. The van der Waals surface area contributed by atoms with Crippen LogP contribution in [0, 0.1) is 25.7 Å². The molecule has 3 aliphatic heterocycles. The van der Waals surface area contributed by atoms with Crippen LogP contribution in [0.5, 0.6) is 0 Å². The van der Waals surface area contributed by atoms with Gasteiger partial charge in [0, 0.05) is 25.8 Å². The molecule has 3 fully saturated rings. The maximum Gasteiger partial charge on any atom is 0.253 e. The van der Waals surface area contributed by atoms with Gasteiger partial charge in [0.1, 0.15) is 11.6 Å². The summed E-state index contributed by atoms with van der Waals surface area (Å²) in [7, 11) is 1.70. The van der Waals surface area contributed by atoms with Crippen LogP contribution in [0.25, 0.3) is 0 Å². The van der Waals surface area contributed by atoms with Crippen LogP contribution in [-0.4, -0.2) is 83.2 Å². The molecule has 5 rings (SSSR count). The first-order valence-corrected chi connectivity index (χ1v) is 14.7. The molecule has 8 nitrogen and oxygen atoms in total. The largest absolute Gasteiger partial charge is 0.394 e. The number of aryl methyl sites for hydroxylation is 2. The molecule has 0 aromatic heterocycles. The Balaban J connectivity index is 1.63. The summed E-state index contributed by atoms with van der Waals surface area (Å²) in [4.78, 5) is 48.0. The summed E-state index contributed by atoms with van der Waals surface area (Å²) in [5, 5.41) is 10.7. The molecule has 0 saturated carbocycles. The number of hydrogen-bond donors (Lipinski definition) is 1. The van der Waals surface area contributed by atoms with Crippen LogP contribution in [0.15, 0.2) is 73.8 Å². The lowest BCUT2D eigenvalue weighted by Gasteiger charge is -2.39. The normalized spacial score (nSPS) is 26.6. The highest BCUT2D eigenvalue weighted by Gasteiger charge is 2.75. The predicted molar refractivity (Wildman–Crippen MR) is 162 cm³/mol. The number of amides is 3. The van der Waals surface area contributed by atoms with Gasteiger partial charge in [-0.2, -0.15) is 0 Å². The van der Waals surface area contributed by atoms with Crippen molar-refractivity contribution in [3.8, 4) is 0 Å². The van der Waals surface area contributed by atoms with Crippen LogP contribution in [-0.2, 0) is 25.5 Å². The Kier molecular flexibility index (Phi) is 8.39. The van der Waals surface area contributed by atoms with Crippen LogP contribution < -0.4 is 4.90 Å². The zero-order valence-electron chi connectivity index (χ0n) is 24.7. The maximum absolute atomic E-state index is 14.9. The molecular weight excluding hydrogens is 530 g/mol. The van der Waals surface area contributed by atoms with Gasteiger partial charge in [-0.1, -0.05) is 54.6 Å². The molecule has 222 valence electrons. The van der Waals surface area contributed by atoms with E-state index < -0.39 is 35.6 Å². The second kappa shape index (κ2) is 11.9. The molecule has 2 aromatic carbocycles. The van der Waals surface area contributed by atoms with Crippen molar-refractivity contribution in [3.63, 3.8) is 0 Å². The molecule has 6 atom stereocenters. The first kappa shape index (κ1) is 29.7. The summed E-state index contributed by atoms with van der Waals surface area (Å²) < 4.78 is 6.65. The lowest BCUT2D eigenvalue weighted by atomic mass is 9.70. The quantitative estimate of drug-likeness (QED) is 0.418. The molecule has 2 aromatic rings. The van der Waals surface area contributed by atoms with Gasteiger partial charge in [-0.05, 0) is 55.9 Å². The van der Waals surface area contributed by atoms with E-state index >= 15 is 0 Å². The van der Waals surface area contributed by atoms with Crippen molar-refractivity contribution in [2.45, 2.75) is 56.9 Å². The number of ether oxygens (including phenoxy) is 1. The van der Waals surface area contributed by atoms with Gasteiger partial charge in [-0.3, -0.25) is 14.4 Å². The third kappa shape index (κ3) is 4.86. The highest BCUT2D eigenvalue weighted by molar-refractivity contribution is 6.05. The fraction of sp³-hybridized carbons (Fsp3) is 0.441. The molecule has 42 heavy (non-hydrogen) atoms.